The monoisotopic (exact) mass is 366 g/mol. The van der Waals surface area contributed by atoms with Crippen LogP contribution >= 0.6 is 27.5 Å². The summed E-state index contributed by atoms with van der Waals surface area (Å²) in [7, 11) is 0. The molecule has 3 nitrogen and oxygen atoms in total. The first-order chi connectivity index (χ1) is 9.95. The highest BCUT2D eigenvalue weighted by Crippen LogP contribution is 2.19. The van der Waals surface area contributed by atoms with Crippen molar-refractivity contribution in [2.45, 2.75) is 19.4 Å². The fourth-order valence-corrected chi connectivity index (χ4v) is 2.70. The molecule has 1 unspecified atom stereocenters. The quantitative estimate of drug-likeness (QED) is 0.801. The highest BCUT2D eigenvalue weighted by molar-refractivity contribution is 9.10. The molecular formula is C16H16BrClN2O. The number of hydrogen-bond acceptors (Lipinski definition) is 2. The number of amides is 1. The normalized spacial score (nSPS) is 12.0. The van der Waals surface area contributed by atoms with Crippen LogP contribution in [-0.2, 0) is 6.42 Å². The van der Waals surface area contributed by atoms with Crippen molar-refractivity contribution in [3.8, 4) is 0 Å². The van der Waals surface area contributed by atoms with E-state index >= 15 is 0 Å². The van der Waals surface area contributed by atoms with Gasteiger partial charge in [0.1, 0.15) is 0 Å². The van der Waals surface area contributed by atoms with Crippen LogP contribution in [0.25, 0.3) is 0 Å². The number of nitrogens with two attached hydrogens (primary N) is 1. The van der Waals surface area contributed by atoms with E-state index in [4.69, 9.17) is 17.3 Å². The molecule has 3 N–H and O–H groups in total. The molecule has 1 atom stereocenters. The number of benzene rings is 2. The number of nitrogen functional groups attached to an aromatic ring is 1. The van der Waals surface area contributed by atoms with Gasteiger partial charge in [-0.1, -0.05) is 39.7 Å². The van der Waals surface area contributed by atoms with Gasteiger partial charge in [-0.2, -0.15) is 0 Å². The highest BCUT2D eigenvalue weighted by Gasteiger charge is 2.13. The lowest BCUT2D eigenvalue weighted by molar-refractivity contribution is 0.0941. The van der Waals surface area contributed by atoms with Crippen molar-refractivity contribution in [1.29, 1.82) is 0 Å². The summed E-state index contributed by atoms with van der Waals surface area (Å²) < 4.78 is 0.850. The van der Waals surface area contributed by atoms with E-state index in [1.165, 1.54) is 0 Å². The van der Waals surface area contributed by atoms with Gasteiger partial charge in [-0.05, 0) is 49.2 Å². The molecule has 5 heteroatoms. The van der Waals surface area contributed by atoms with Crippen LogP contribution in [0.1, 0.15) is 22.8 Å². The van der Waals surface area contributed by atoms with Gasteiger partial charge in [0.2, 0.25) is 0 Å². The number of nitrogens with one attached hydrogen (secondary N) is 1. The molecule has 0 fully saturated rings. The van der Waals surface area contributed by atoms with Crippen LogP contribution in [0.2, 0.25) is 5.02 Å². The third kappa shape index (κ3) is 4.48. The number of halogens is 2. The van der Waals surface area contributed by atoms with Crippen LogP contribution in [0.5, 0.6) is 0 Å². The zero-order chi connectivity index (χ0) is 15.4. The molecular weight excluding hydrogens is 352 g/mol. The van der Waals surface area contributed by atoms with Gasteiger partial charge in [-0.3, -0.25) is 4.79 Å². The summed E-state index contributed by atoms with van der Waals surface area (Å²) in [5.41, 5.74) is 7.88. The summed E-state index contributed by atoms with van der Waals surface area (Å²) in [4.78, 5) is 12.2. The first-order valence-electron chi connectivity index (χ1n) is 6.56. The second-order valence-corrected chi connectivity index (χ2v) is 6.29. The summed E-state index contributed by atoms with van der Waals surface area (Å²) >= 11 is 9.28. The Balaban J connectivity index is 2.02. The Morgan fingerprint density at radius 2 is 2.10 bits per heavy atom. The minimum atomic E-state index is -0.172. The Morgan fingerprint density at radius 1 is 1.33 bits per heavy atom. The molecule has 0 saturated carbocycles. The Labute approximate surface area is 137 Å². The molecule has 0 aliphatic carbocycles. The van der Waals surface area contributed by atoms with E-state index in [-0.39, 0.29) is 11.9 Å². The van der Waals surface area contributed by atoms with Gasteiger partial charge in [-0.15, -0.1) is 0 Å². The predicted molar refractivity (Wildman–Crippen MR) is 90.6 cm³/mol. The summed E-state index contributed by atoms with van der Waals surface area (Å²) in [6.45, 7) is 1.95. The highest BCUT2D eigenvalue weighted by atomic mass is 79.9. The second-order valence-electron chi connectivity index (χ2n) is 4.94. The molecule has 0 heterocycles. The van der Waals surface area contributed by atoms with Crippen molar-refractivity contribution < 1.29 is 4.79 Å². The van der Waals surface area contributed by atoms with Crippen LogP contribution in [0, 0.1) is 0 Å². The maximum Gasteiger partial charge on any atom is 0.253 e. The van der Waals surface area contributed by atoms with Gasteiger partial charge in [0.15, 0.2) is 0 Å². The molecule has 0 aliphatic heterocycles. The van der Waals surface area contributed by atoms with Crippen LogP contribution < -0.4 is 11.1 Å². The molecule has 0 aliphatic rings. The molecule has 0 saturated heterocycles. The van der Waals surface area contributed by atoms with E-state index < -0.39 is 0 Å². The predicted octanol–water partition coefficient (Wildman–Crippen LogP) is 4.05. The number of carbonyl (C=O) groups excluding carboxylic acids is 1. The van der Waals surface area contributed by atoms with Crippen LogP contribution in [-0.4, -0.2) is 11.9 Å². The molecule has 0 spiro atoms. The van der Waals surface area contributed by atoms with Gasteiger partial charge < -0.3 is 11.1 Å². The number of carbonyl (C=O) groups is 1. The summed E-state index contributed by atoms with van der Waals surface area (Å²) in [5.74, 6) is -0.172. The number of anilines is 1. The van der Waals surface area contributed by atoms with Crippen LogP contribution in [0.15, 0.2) is 46.9 Å². The Morgan fingerprint density at radius 3 is 2.76 bits per heavy atom. The molecule has 0 bridgehead atoms. The fraction of sp³-hybridized carbons (Fsp3) is 0.188. The molecule has 1 amide bonds. The number of rotatable bonds is 4. The summed E-state index contributed by atoms with van der Waals surface area (Å²) in [6, 6.07) is 12.8. The lowest BCUT2D eigenvalue weighted by Crippen LogP contribution is -2.34. The molecule has 0 radical (unpaired) electrons. The maximum atomic E-state index is 12.2. The first-order valence-corrected chi connectivity index (χ1v) is 7.73. The Hall–Kier alpha value is -1.52. The smallest absolute Gasteiger partial charge is 0.253 e. The van der Waals surface area contributed by atoms with E-state index in [2.05, 4.69) is 21.2 Å². The van der Waals surface area contributed by atoms with Gasteiger partial charge in [-0.25, -0.2) is 0 Å². The van der Waals surface area contributed by atoms with Crippen molar-refractivity contribution >= 4 is 39.1 Å². The average molecular weight is 368 g/mol. The first kappa shape index (κ1) is 15.9. The minimum Gasteiger partial charge on any atom is -0.398 e. The van der Waals surface area contributed by atoms with E-state index in [0.29, 0.717) is 22.7 Å². The SMILES string of the molecule is CC(Cc1cccc(Cl)c1)NC(=O)c1ccc(Br)cc1N. The van der Waals surface area contributed by atoms with E-state index in [9.17, 15) is 4.79 Å². The Kier molecular flexibility index (Phi) is 5.26. The van der Waals surface area contributed by atoms with Crippen molar-refractivity contribution in [3.05, 3.63) is 63.1 Å². The van der Waals surface area contributed by atoms with E-state index in [0.717, 1.165) is 10.0 Å². The van der Waals surface area contributed by atoms with Crippen LogP contribution in [0.4, 0.5) is 5.69 Å². The second kappa shape index (κ2) is 6.96. The molecule has 2 aromatic rings. The van der Waals surface area contributed by atoms with Crippen molar-refractivity contribution in [2.24, 2.45) is 0 Å². The number of hydrogen-bond donors (Lipinski definition) is 2. The lowest BCUT2D eigenvalue weighted by Gasteiger charge is -2.15. The standard InChI is InChI=1S/C16H16BrClN2O/c1-10(7-11-3-2-4-13(18)8-11)20-16(21)14-6-5-12(17)9-15(14)19/h2-6,8-10H,7,19H2,1H3,(H,20,21). The van der Waals surface area contributed by atoms with E-state index in [1.807, 2.05) is 31.2 Å². The summed E-state index contributed by atoms with van der Waals surface area (Å²) in [5, 5.41) is 3.64. The third-order valence-electron chi connectivity index (χ3n) is 3.07. The minimum absolute atomic E-state index is 0.0148. The zero-order valence-corrected chi connectivity index (χ0v) is 13.9. The Bertz CT molecular complexity index is 660. The van der Waals surface area contributed by atoms with Crippen molar-refractivity contribution in [2.75, 3.05) is 5.73 Å². The lowest BCUT2D eigenvalue weighted by atomic mass is 10.1. The molecule has 0 aromatic heterocycles. The van der Waals surface area contributed by atoms with E-state index in [1.54, 1.807) is 18.2 Å². The van der Waals surface area contributed by atoms with Gasteiger partial charge in [0.05, 0.1) is 5.56 Å². The van der Waals surface area contributed by atoms with Gasteiger partial charge in [0, 0.05) is 21.2 Å². The fourth-order valence-electron chi connectivity index (χ4n) is 2.11. The zero-order valence-electron chi connectivity index (χ0n) is 11.6. The largest absolute Gasteiger partial charge is 0.398 e. The third-order valence-corrected chi connectivity index (χ3v) is 3.79. The summed E-state index contributed by atoms with van der Waals surface area (Å²) in [6.07, 6.45) is 0.711. The maximum absolute atomic E-state index is 12.2. The van der Waals surface area contributed by atoms with Crippen LogP contribution in [0.3, 0.4) is 0 Å². The molecule has 2 rings (SSSR count). The molecule has 21 heavy (non-hydrogen) atoms. The van der Waals surface area contributed by atoms with Gasteiger partial charge >= 0.3 is 0 Å². The van der Waals surface area contributed by atoms with Gasteiger partial charge in [0.25, 0.3) is 5.91 Å². The molecule has 2 aromatic carbocycles. The van der Waals surface area contributed by atoms with Crippen molar-refractivity contribution in [1.82, 2.24) is 5.32 Å². The van der Waals surface area contributed by atoms with Crippen molar-refractivity contribution in [3.63, 3.8) is 0 Å². The topological polar surface area (TPSA) is 55.1 Å². The molecule has 110 valence electrons. The average Bonchev–Trinajstić information content (AvgIpc) is 2.38.